The molecule has 0 aromatic rings. The van der Waals surface area contributed by atoms with Crippen molar-refractivity contribution in [2.75, 3.05) is 0 Å². The van der Waals surface area contributed by atoms with Crippen molar-refractivity contribution < 1.29 is 18.4 Å². The minimum atomic E-state index is -1.83. The standard InChI is InChI=1S/C28H58O4Si2/c1-25(2)33(5,6)31-27(29)23-21-19-17-15-13-11-9-10-12-14-16-18-20-22-24-28(30)32-34(7,8)26(3)4/h25-26H,9-24H2,1-8H3. The zero-order valence-electron chi connectivity index (χ0n) is 24.1. The van der Waals surface area contributed by atoms with Gasteiger partial charge in [0.1, 0.15) is 0 Å². The Morgan fingerprint density at radius 2 is 0.676 bits per heavy atom. The summed E-state index contributed by atoms with van der Waals surface area (Å²) in [6, 6.07) is 0. The second kappa shape index (κ2) is 18.6. The summed E-state index contributed by atoms with van der Waals surface area (Å²) >= 11 is 0. The summed E-state index contributed by atoms with van der Waals surface area (Å²) in [4.78, 5) is 24.0. The lowest BCUT2D eigenvalue weighted by molar-refractivity contribution is -0.136. The van der Waals surface area contributed by atoms with Gasteiger partial charge in [0.25, 0.3) is 28.6 Å². The molecule has 6 heteroatoms. The van der Waals surface area contributed by atoms with Crippen LogP contribution < -0.4 is 0 Å². The Morgan fingerprint density at radius 1 is 0.471 bits per heavy atom. The molecule has 202 valence electrons. The summed E-state index contributed by atoms with van der Waals surface area (Å²) in [7, 11) is -3.67. The van der Waals surface area contributed by atoms with E-state index in [1.165, 1.54) is 64.2 Å². The molecule has 0 aliphatic carbocycles. The van der Waals surface area contributed by atoms with Crippen LogP contribution in [0.3, 0.4) is 0 Å². The molecule has 0 atom stereocenters. The molecule has 34 heavy (non-hydrogen) atoms. The molecule has 0 spiro atoms. The van der Waals surface area contributed by atoms with E-state index in [2.05, 4.69) is 53.9 Å². The van der Waals surface area contributed by atoms with Gasteiger partial charge < -0.3 is 8.85 Å². The number of carbonyl (C=O) groups excluding carboxylic acids is 2. The largest absolute Gasteiger partial charge is 0.519 e. The van der Waals surface area contributed by atoms with E-state index in [1.807, 2.05) is 0 Å². The maximum Gasteiger partial charge on any atom is 0.292 e. The Labute approximate surface area is 214 Å². The van der Waals surface area contributed by atoms with Crippen LogP contribution in [-0.4, -0.2) is 28.6 Å². The van der Waals surface area contributed by atoms with Gasteiger partial charge in [0, 0.05) is 12.8 Å². The third-order valence-corrected chi connectivity index (χ3v) is 14.6. The van der Waals surface area contributed by atoms with Crippen molar-refractivity contribution in [3.05, 3.63) is 0 Å². The third kappa shape index (κ3) is 17.8. The van der Waals surface area contributed by atoms with Crippen molar-refractivity contribution in [2.24, 2.45) is 0 Å². The Balaban J connectivity index is 3.40. The number of hydrogen-bond acceptors (Lipinski definition) is 4. The minimum absolute atomic E-state index is 0.0139. The lowest BCUT2D eigenvalue weighted by atomic mass is 10.0. The lowest BCUT2D eigenvalue weighted by Crippen LogP contribution is -2.36. The number of hydrogen-bond donors (Lipinski definition) is 0. The van der Waals surface area contributed by atoms with Crippen LogP contribution in [-0.2, 0) is 18.4 Å². The molecule has 0 amide bonds. The molecule has 0 unspecified atom stereocenters. The Kier molecular flexibility index (Phi) is 18.3. The van der Waals surface area contributed by atoms with E-state index in [9.17, 15) is 9.59 Å². The van der Waals surface area contributed by atoms with Gasteiger partial charge in [0.05, 0.1) is 0 Å². The first-order valence-corrected chi connectivity index (χ1v) is 20.3. The highest BCUT2D eigenvalue weighted by molar-refractivity contribution is 6.74. The molecule has 4 nitrogen and oxygen atoms in total. The van der Waals surface area contributed by atoms with Crippen molar-refractivity contribution in [2.45, 2.75) is 168 Å². The van der Waals surface area contributed by atoms with E-state index in [0.29, 0.717) is 23.9 Å². The fraction of sp³-hybridized carbons (Fsp3) is 0.929. The van der Waals surface area contributed by atoms with Crippen LogP contribution in [0.15, 0.2) is 0 Å². The fourth-order valence-electron chi connectivity index (χ4n) is 3.58. The molecule has 0 aromatic carbocycles. The summed E-state index contributed by atoms with van der Waals surface area (Å²) in [6.45, 7) is 17.1. The molecule has 0 heterocycles. The van der Waals surface area contributed by atoms with Gasteiger partial charge in [-0.15, -0.1) is 0 Å². The Bertz CT molecular complexity index is 497. The first-order valence-electron chi connectivity index (χ1n) is 14.3. The highest BCUT2D eigenvalue weighted by Crippen LogP contribution is 2.23. The van der Waals surface area contributed by atoms with Gasteiger partial charge in [-0.2, -0.15) is 0 Å². The van der Waals surface area contributed by atoms with Crippen LogP contribution in [0.5, 0.6) is 0 Å². The molecule has 0 bridgehead atoms. The molecule has 0 radical (unpaired) electrons. The van der Waals surface area contributed by atoms with E-state index >= 15 is 0 Å². The van der Waals surface area contributed by atoms with Gasteiger partial charge in [-0.05, 0) is 50.1 Å². The van der Waals surface area contributed by atoms with Gasteiger partial charge in [-0.1, -0.05) is 105 Å². The number of rotatable bonds is 21. The molecule has 0 aliphatic heterocycles. The fourth-order valence-corrected chi connectivity index (χ4v) is 5.43. The molecule has 0 N–H and O–H groups in total. The second-order valence-electron chi connectivity index (χ2n) is 11.9. The third-order valence-electron chi connectivity index (χ3n) is 7.55. The maximum atomic E-state index is 12.0. The van der Waals surface area contributed by atoms with Crippen LogP contribution in [0.25, 0.3) is 0 Å². The summed E-state index contributed by atoms with van der Waals surface area (Å²) in [5.41, 5.74) is 0.949. The number of unbranched alkanes of at least 4 members (excludes halogenated alkanes) is 13. The molecular weight excluding hydrogens is 456 g/mol. The average molecular weight is 515 g/mol. The summed E-state index contributed by atoms with van der Waals surface area (Å²) < 4.78 is 11.5. The van der Waals surface area contributed by atoms with Gasteiger partial charge in [-0.25, -0.2) is 0 Å². The van der Waals surface area contributed by atoms with Crippen molar-refractivity contribution >= 4 is 28.6 Å². The molecule has 0 rings (SSSR count). The van der Waals surface area contributed by atoms with Crippen molar-refractivity contribution in [1.82, 2.24) is 0 Å². The molecule has 0 aliphatic rings. The van der Waals surface area contributed by atoms with Crippen molar-refractivity contribution in [3.8, 4) is 0 Å². The van der Waals surface area contributed by atoms with E-state index in [0.717, 1.165) is 25.7 Å². The second-order valence-corrected chi connectivity index (χ2v) is 21.0. The highest BCUT2D eigenvalue weighted by Gasteiger charge is 2.31. The average Bonchev–Trinajstić information content (AvgIpc) is 2.72. The van der Waals surface area contributed by atoms with Crippen LogP contribution >= 0.6 is 0 Å². The predicted molar refractivity (Wildman–Crippen MR) is 151 cm³/mol. The van der Waals surface area contributed by atoms with Gasteiger partial charge in [0.2, 0.25) is 0 Å². The Hall–Kier alpha value is -0.626. The van der Waals surface area contributed by atoms with Gasteiger partial charge >= 0.3 is 0 Å². The molecule has 0 saturated carbocycles. The van der Waals surface area contributed by atoms with Crippen LogP contribution in [0, 0.1) is 0 Å². The SMILES string of the molecule is CC(C)[Si](C)(C)OC(=O)CCCCCCCCCCCCCCCCC(=O)O[Si](C)(C)C(C)C. The van der Waals surface area contributed by atoms with Gasteiger partial charge in [-0.3, -0.25) is 9.59 Å². The smallest absolute Gasteiger partial charge is 0.292 e. The van der Waals surface area contributed by atoms with Crippen LogP contribution in [0.1, 0.15) is 130 Å². The molecule has 0 saturated heterocycles. The quantitative estimate of drug-likeness (QED) is 0.113. The topological polar surface area (TPSA) is 52.6 Å². The van der Waals surface area contributed by atoms with Crippen molar-refractivity contribution in [3.63, 3.8) is 0 Å². The first-order chi connectivity index (χ1) is 15.9. The Morgan fingerprint density at radius 3 is 0.882 bits per heavy atom. The normalized spacial score (nSPS) is 12.4. The lowest BCUT2D eigenvalue weighted by Gasteiger charge is -2.26. The predicted octanol–water partition coefficient (Wildman–Crippen LogP) is 9.54. The van der Waals surface area contributed by atoms with E-state index in [-0.39, 0.29) is 11.9 Å². The first kappa shape index (κ1) is 33.4. The number of carbonyl (C=O) groups is 2. The molecule has 0 aromatic heterocycles. The maximum absolute atomic E-state index is 12.0. The monoisotopic (exact) mass is 514 g/mol. The van der Waals surface area contributed by atoms with Crippen LogP contribution in [0.4, 0.5) is 0 Å². The van der Waals surface area contributed by atoms with Crippen LogP contribution in [0.2, 0.25) is 37.3 Å². The summed E-state index contributed by atoms with van der Waals surface area (Å²) in [6.07, 6.45) is 18.5. The zero-order valence-corrected chi connectivity index (χ0v) is 26.1. The summed E-state index contributed by atoms with van der Waals surface area (Å²) in [5.74, 6) is 0.0279. The van der Waals surface area contributed by atoms with Gasteiger partial charge in [0.15, 0.2) is 0 Å². The minimum Gasteiger partial charge on any atom is -0.519 e. The van der Waals surface area contributed by atoms with E-state index < -0.39 is 16.6 Å². The highest BCUT2D eigenvalue weighted by atomic mass is 28.4. The summed E-state index contributed by atoms with van der Waals surface area (Å²) in [5, 5.41) is 0. The zero-order chi connectivity index (χ0) is 26.0. The van der Waals surface area contributed by atoms with E-state index in [4.69, 9.17) is 8.85 Å². The molecule has 0 fully saturated rings. The van der Waals surface area contributed by atoms with E-state index in [1.54, 1.807) is 0 Å². The van der Waals surface area contributed by atoms with Crippen molar-refractivity contribution in [1.29, 1.82) is 0 Å². The molecular formula is C28H58O4Si2.